The van der Waals surface area contributed by atoms with E-state index in [1.165, 1.54) is 0 Å². The lowest BCUT2D eigenvalue weighted by Gasteiger charge is -1.91. The fraction of sp³-hybridized carbons (Fsp3) is 0.250. The molecule has 2 rings (SSSR count). The van der Waals surface area contributed by atoms with Crippen LogP contribution in [-0.4, -0.2) is 20.0 Å². The lowest BCUT2D eigenvalue weighted by atomic mass is 10.3. The van der Waals surface area contributed by atoms with Gasteiger partial charge in [0, 0.05) is 24.5 Å². The number of nitrogens with one attached hydrogen (secondary N) is 1. The Bertz CT molecular complexity index is 347. The van der Waals surface area contributed by atoms with Gasteiger partial charge in [-0.1, -0.05) is 0 Å². The monoisotopic (exact) mass is 162 g/mol. The lowest BCUT2D eigenvalue weighted by molar-refractivity contribution is 0.662. The summed E-state index contributed by atoms with van der Waals surface area (Å²) in [5.74, 6) is 0. The molecule has 2 aromatic heterocycles. The van der Waals surface area contributed by atoms with E-state index >= 15 is 0 Å². The van der Waals surface area contributed by atoms with Crippen LogP contribution in [0.25, 0.3) is 11.3 Å². The van der Waals surface area contributed by atoms with E-state index in [0.717, 1.165) is 17.8 Å². The first-order chi connectivity index (χ1) is 5.90. The fourth-order valence-electron chi connectivity index (χ4n) is 1.08. The Balaban J connectivity index is 2.35. The van der Waals surface area contributed by atoms with Gasteiger partial charge < -0.3 is 0 Å². The van der Waals surface area contributed by atoms with Crippen molar-refractivity contribution in [2.75, 3.05) is 0 Å². The quantitative estimate of drug-likeness (QED) is 0.723. The van der Waals surface area contributed by atoms with Gasteiger partial charge in [0.2, 0.25) is 0 Å². The van der Waals surface area contributed by atoms with Crippen molar-refractivity contribution < 1.29 is 0 Å². The molecular formula is C8H10N4. The van der Waals surface area contributed by atoms with Gasteiger partial charge in [0.15, 0.2) is 0 Å². The summed E-state index contributed by atoms with van der Waals surface area (Å²) in [7, 11) is 0. The summed E-state index contributed by atoms with van der Waals surface area (Å²) in [6.07, 6.45) is 5.56. The topological polar surface area (TPSA) is 46.5 Å². The van der Waals surface area contributed by atoms with Gasteiger partial charge in [-0.2, -0.15) is 10.2 Å². The lowest BCUT2D eigenvalue weighted by Crippen LogP contribution is -1.93. The number of nitrogens with zero attached hydrogens (tertiary/aromatic N) is 3. The maximum absolute atomic E-state index is 4.33. The summed E-state index contributed by atoms with van der Waals surface area (Å²) in [6, 6.07) is 1.98. The van der Waals surface area contributed by atoms with Crippen molar-refractivity contribution in [3.05, 3.63) is 24.7 Å². The van der Waals surface area contributed by atoms with E-state index in [1.807, 2.05) is 23.1 Å². The number of hydrogen-bond donors (Lipinski definition) is 1. The van der Waals surface area contributed by atoms with Crippen LogP contribution in [0.1, 0.15) is 6.92 Å². The van der Waals surface area contributed by atoms with Gasteiger partial charge in [0.1, 0.15) is 0 Å². The molecule has 0 atom stereocenters. The Hall–Kier alpha value is -1.58. The molecule has 1 N–H and O–H groups in total. The van der Waals surface area contributed by atoms with Crippen LogP contribution in [-0.2, 0) is 6.54 Å². The molecule has 0 saturated heterocycles. The Labute approximate surface area is 70.2 Å². The summed E-state index contributed by atoms with van der Waals surface area (Å²) in [5.41, 5.74) is 1.99. The number of hydrogen-bond acceptors (Lipinski definition) is 2. The molecule has 0 fully saturated rings. The highest BCUT2D eigenvalue weighted by Crippen LogP contribution is 2.13. The van der Waals surface area contributed by atoms with Gasteiger partial charge in [0.05, 0.1) is 11.9 Å². The third-order valence-electron chi connectivity index (χ3n) is 1.76. The van der Waals surface area contributed by atoms with Gasteiger partial charge in [0.25, 0.3) is 0 Å². The highest BCUT2D eigenvalue weighted by molar-refractivity contribution is 5.55. The van der Waals surface area contributed by atoms with Crippen molar-refractivity contribution in [3.63, 3.8) is 0 Å². The summed E-state index contributed by atoms with van der Waals surface area (Å²) in [5, 5.41) is 10.9. The molecule has 0 amide bonds. The van der Waals surface area contributed by atoms with Crippen LogP contribution in [0.5, 0.6) is 0 Å². The number of aromatic amines is 1. The van der Waals surface area contributed by atoms with Crippen molar-refractivity contribution in [1.82, 2.24) is 20.0 Å². The molecule has 2 heterocycles. The van der Waals surface area contributed by atoms with Gasteiger partial charge in [-0.15, -0.1) is 0 Å². The third-order valence-corrected chi connectivity index (χ3v) is 1.76. The molecule has 0 aromatic carbocycles. The minimum absolute atomic E-state index is 0.901. The van der Waals surface area contributed by atoms with E-state index in [-0.39, 0.29) is 0 Å². The third kappa shape index (κ3) is 1.11. The van der Waals surface area contributed by atoms with Gasteiger partial charge >= 0.3 is 0 Å². The van der Waals surface area contributed by atoms with E-state index in [1.54, 1.807) is 6.20 Å². The molecule has 4 heteroatoms. The second-order valence-corrected chi connectivity index (χ2v) is 2.54. The number of H-pyrrole nitrogens is 1. The predicted molar refractivity (Wildman–Crippen MR) is 45.5 cm³/mol. The number of aryl methyl sites for hydroxylation is 1. The predicted octanol–water partition coefficient (Wildman–Crippen LogP) is 1.29. The van der Waals surface area contributed by atoms with Crippen molar-refractivity contribution >= 4 is 0 Å². The van der Waals surface area contributed by atoms with Gasteiger partial charge in [-0.05, 0) is 13.0 Å². The van der Waals surface area contributed by atoms with Crippen molar-refractivity contribution in [3.8, 4) is 11.3 Å². The van der Waals surface area contributed by atoms with E-state index in [9.17, 15) is 0 Å². The zero-order valence-electron chi connectivity index (χ0n) is 6.86. The Morgan fingerprint density at radius 3 is 3.08 bits per heavy atom. The molecule has 0 radical (unpaired) electrons. The molecule has 0 aliphatic heterocycles. The van der Waals surface area contributed by atoms with Crippen LogP contribution in [0.2, 0.25) is 0 Å². The van der Waals surface area contributed by atoms with Crippen LogP contribution < -0.4 is 0 Å². The molecule has 4 nitrogen and oxygen atoms in total. The van der Waals surface area contributed by atoms with Crippen molar-refractivity contribution in [2.45, 2.75) is 13.5 Å². The summed E-state index contributed by atoms with van der Waals surface area (Å²) >= 11 is 0. The number of aromatic nitrogens is 4. The smallest absolute Gasteiger partial charge is 0.0954 e. The first kappa shape index (κ1) is 7.09. The summed E-state index contributed by atoms with van der Waals surface area (Å²) in [6.45, 7) is 2.96. The number of rotatable bonds is 2. The minimum atomic E-state index is 0.901. The maximum Gasteiger partial charge on any atom is 0.0954 e. The molecule has 12 heavy (non-hydrogen) atoms. The first-order valence-electron chi connectivity index (χ1n) is 3.92. The average molecular weight is 162 g/mol. The SMILES string of the molecule is CCn1ccc(-c2cn[nH]c2)n1. The van der Waals surface area contributed by atoms with Crippen LogP contribution in [0, 0.1) is 0 Å². The zero-order valence-corrected chi connectivity index (χ0v) is 6.86. The van der Waals surface area contributed by atoms with E-state index in [2.05, 4.69) is 22.2 Å². The molecule has 0 bridgehead atoms. The van der Waals surface area contributed by atoms with Gasteiger partial charge in [-0.25, -0.2) is 0 Å². The molecule has 62 valence electrons. The standard InChI is InChI=1S/C8H10N4/c1-2-12-4-3-8(11-12)7-5-9-10-6-7/h3-6H,2H2,1H3,(H,9,10). The largest absolute Gasteiger partial charge is 0.285 e. The minimum Gasteiger partial charge on any atom is -0.285 e. The van der Waals surface area contributed by atoms with E-state index in [4.69, 9.17) is 0 Å². The van der Waals surface area contributed by atoms with Crippen molar-refractivity contribution in [1.29, 1.82) is 0 Å². The second-order valence-electron chi connectivity index (χ2n) is 2.54. The van der Waals surface area contributed by atoms with Crippen LogP contribution >= 0.6 is 0 Å². The Morgan fingerprint density at radius 2 is 2.50 bits per heavy atom. The molecule has 0 saturated carbocycles. The highest BCUT2D eigenvalue weighted by Gasteiger charge is 2.00. The Kier molecular flexibility index (Phi) is 1.66. The van der Waals surface area contributed by atoms with E-state index < -0.39 is 0 Å². The average Bonchev–Trinajstić information content (AvgIpc) is 2.75. The fourth-order valence-corrected chi connectivity index (χ4v) is 1.08. The Morgan fingerprint density at radius 1 is 1.58 bits per heavy atom. The highest BCUT2D eigenvalue weighted by atomic mass is 15.3. The van der Waals surface area contributed by atoms with Crippen LogP contribution in [0.3, 0.4) is 0 Å². The van der Waals surface area contributed by atoms with Crippen molar-refractivity contribution in [2.24, 2.45) is 0 Å². The van der Waals surface area contributed by atoms with E-state index in [0.29, 0.717) is 0 Å². The molecule has 0 aliphatic rings. The molecule has 0 spiro atoms. The second kappa shape index (κ2) is 2.81. The molecule has 0 unspecified atom stereocenters. The normalized spacial score (nSPS) is 10.4. The summed E-state index contributed by atoms with van der Waals surface area (Å²) in [4.78, 5) is 0. The maximum atomic E-state index is 4.33. The first-order valence-corrected chi connectivity index (χ1v) is 3.92. The van der Waals surface area contributed by atoms with Crippen LogP contribution in [0.4, 0.5) is 0 Å². The zero-order chi connectivity index (χ0) is 8.39. The summed E-state index contributed by atoms with van der Waals surface area (Å²) < 4.78 is 1.89. The molecule has 0 aliphatic carbocycles. The molecule has 2 aromatic rings. The van der Waals surface area contributed by atoms with Gasteiger partial charge in [-0.3, -0.25) is 9.78 Å². The van der Waals surface area contributed by atoms with Crippen LogP contribution in [0.15, 0.2) is 24.7 Å². The molecular weight excluding hydrogens is 152 g/mol.